The number of hydrogen-bond acceptors (Lipinski definition) is 6. The number of amides is 1. The molecular formula is C16H27N5O2. The van der Waals surface area contributed by atoms with Crippen molar-refractivity contribution in [3.63, 3.8) is 0 Å². The number of carbonyl (C=O) groups is 1. The Hall–Kier alpha value is -1.73. The Morgan fingerprint density at radius 1 is 1.35 bits per heavy atom. The van der Waals surface area contributed by atoms with Crippen LogP contribution in [0.15, 0.2) is 17.2 Å². The molecule has 0 spiro atoms. The maximum absolute atomic E-state index is 11.7. The molecule has 1 N–H and O–H groups in total. The van der Waals surface area contributed by atoms with E-state index in [1.54, 1.807) is 6.08 Å². The summed E-state index contributed by atoms with van der Waals surface area (Å²) in [5.74, 6) is 1.74. The molecule has 1 fully saturated rings. The van der Waals surface area contributed by atoms with E-state index < -0.39 is 0 Å². The monoisotopic (exact) mass is 321 g/mol. The lowest BCUT2D eigenvalue weighted by atomic mass is 10.2. The van der Waals surface area contributed by atoms with Crippen LogP contribution in [-0.2, 0) is 4.79 Å². The minimum Gasteiger partial charge on any atom is -0.352 e. The summed E-state index contributed by atoms with van der Waals surface area (Å²) in [7, 11) is 0. The van der Waals surface area contributed by atoms with Crippen molar-refractivity contribution in [3.8, 4) is 0 Å². The Labute approximate surface area is 137 Å². The predicted octanol–water partition coefficient (Wildman–Crippen LogP) is 1.17. The first kappa shape index (κ1) is 17.6. The molecule has 0 bridgehead atoms. The second-order valence-corrected chi connectivity index (χ2v) is 6.23. The van der Waals surface area contributed by atoms with Crippen molar-refractivity contribution in [2.75, 3.05) is 39.3 Å². The Morgan fingerprint density at radius 3 is 2.61 bits per heavy atom. The molecule has 1 saturated heterocycles. The van der Waals surface area contributed by atoms with E-state index in [0.717, 1.165) is 32.0 Å². The first-order valence-electron chi connectivity index (χ1n) is 8.18. The third-order valence-corrected chi connectivity index (χ3v) is 4.10. The van der Waals surface area contributed by atoms with Crippen LogP contribution in [0, 0.1) is 0 Å². The zero-order chi connectivity index (χ0) is 16.8. The van der Waals surface area contributed by atoms with E-state index in [0.29, 0.717) is 19.0 Å². The lowest BCUT2D eigenvalue weighted by Gasteiger charge is -2.36. The first-order valence-corrected chi connectivity index (χ1v) is 8.18. The third-order valence-electron chi connectivity index (χ3n) is 4.10. The molecule has 0 aromatic carbocycles. The zero-order valence-corrected chi connectivity index (χ0v) is 14.3. The predicted molar refractivity (Wildman–Crippen MR) is 88.0 cm³/mol. The minimum atomic E-state index is 0.0462. The summed E-state index contributed by atoms with van der Waals surface area (Å²) in [5.41, 5.74) is 0. The van der Waals surface area contributed by atoms with Crippen LogP contribution in [0.2, 0.25) is 0 Å². The highest BCUT2D eigenvalue weighted by Gasteiger charge is 2.26. The highest BCUT2D eigenvalue weighted by molar-refractivity contribution is 5.78. The largest absolute Gasteiger partial charge is 0.352 e. The average Bonchev–Trinajstić information content (AvgIpc) is 3.03. The molecule has 0 saturated carbocycles. The van der Waals surface area contributed by atoms with Crippen LogP contribution in [-0.4, -0.2) is 65.1 Å². The topological polar surface area (TPSA) is 74.5 Å². The van der Waals surface area contributed by atoms with Gasteiger partial charge in [-0.2, -0.15) is 4.98 Å². The van der Waals surface area contributed by atoms with Crippen LogP contribution in [0.25, 0.3) is 0 Å². The first-order chi connectivity index (χ1) is 11.0. The number of nitrogens with one attached hydrogen (secondary N) is 1. The smallest absolute Gasteiger partial charge is 0.243 e. The van der Waals surface area contributed by atoms with Gasteiger partial charge in [-0.05, 0) is 6.92 Å². The van der Waals surface area contributed by atoms with E-state index in [1.807, 2.05) is 0 Å². The number of rotatable bonds is 7. The maximum Gasteiger partial charge on any atom is 0.243 e. The lowest BCUT2D eigenvalue weighted by Crippen LogP contribution is -2.50. The molecule has 1 unspecified atom stereocenters. The van der Waals surface area contributed by atoms with E-state index in [9.17, 15) is 4.79 Å². The van der Waals surface area contributed by atoms with Crippen molar-refractivity contribution >= 4 is 5.91 Å². The molecule has 2 rings (SSSR count). The second kappa shape index (κ2) is 8.21. The number of aromatic nitrogens is 2. The molecule has 7 heteroatoms. The highest BCUT2D eigenvalue weighted by atomic mass is 16.5. The number of piperazine rings is 1. The Balaban J connectivity index is 1.81. The van der Waals surface area contributed by atoms with Crippen LogP contribution < -0.4 is 5.32 Å². The molecule has 1 aromatic rings. The molecule has 23 heavy (non-hydrogen) atoms. The summed E-state index contributed by atoms with van der Waals surface area (Å²) < 4.78 is 5.39. The van der Waals surface area contributed by atoms with E-state index in [-0.39, 0.29) is 17.9 Å². The Bertz CT molecular complexity index is 520. The number of hydrogen-bond donors (Lipinski definition) is 1. The third kappa shape index (κ3) is 4.87. The summed E-state index contributed by atoms with van der Waals surface area (Å²) in [6.45, 7) is 14.2. The SMILES string of the molecule is C=CCNC(=O)CN1CCN(C(C)c2nc(C(C)C)no2)CC1. The van der Waals surface area contributed by atoms with Gasteiger partial charge in [-0.25, -0.2) is 0 Å². The van der Waals surface area contributed by atoms with E-state index >= 15 is 0 Å². The van der Waals surface area contributed by atoms with Gasteiger partial charge in [0.1, 0.15) is 0 Å². The maximum atomic E-state index is 11.7. The van der Waals surface area contributed by atoms with Crippen molar-refractivity contribution in [3.05, 3.63) is 24.4 Å². The molecular weight excluding hydrogens is 294 g/mol. The summed E-state index contributed by atoms with van der Waals surface area (Å²) in [6, 6.07) is 0.103. The van der Waals surface area contributed by atoms with Crippen LogP contribution in [0.3, 0.4) is 0 Å². The van der Waals surface area contributed by atoms with E-state index in [1.165, 1.54) is 0 Å². The quantitative estimate of drug-likeness (QED) is 0.760. The van der Waals surface area contributed by atoms with Gasteiger partial charge >= 0.3 is 0 Å². The highest BCUT2D eigenvalue weighted by Crippen LogP contribution is 2.21. The number of carbonyl (C=O) groups excluding carboxylic acids is 1. The van der Waals surface area contributed by atoms with Gasteiger partial charge in [0.05, 0.1) is 12.6 Å². The summed E-state index contributed by atoms with van der Waals surface area (Å²) in [6.07, 6.45) is 1.69. The van der Waals surface area contributed by atoms with Gasteiger partial charge < -0.3 is 9.84 Å². The summed E-state index contributed by atoms with van der Waals surface area (Å²) >= 11 is 0. The Morgan fingerprint density at radius 2 is 2.04 bits per heavy atom. The fourth-order valence-electron chi connectivity index (χ4n) is 2.56. The molecule has 128 valence electrons. The van der Waals surface area contributed by atoms with Crippen molar-refractivity contribution in [1.82, 2.24) is 25.3 Å². The Kier molecular flexibility index (Phi) is 6.29. The van der Waals surface area contributed by atoms with Crippen LogP contribution >= 0.6 is 0 Å². The fraction of sp³-hybridized carbons (Fsp3) is 0.688. The van der Waals surface area contributed by atoms with Gasteiger partial charge in [0.15, 0.2) is 5.82 Å². The molecule has 1 aliphatic heterocycles. The van der Waals surface area contributed by atoms with Crippen molar-refractivity contribution < 1.29 is 9.32 Å². The van der Waals surface area contributed by atoms with Crippen LogP contribution in [0.5, 0.6) is 0 Å². The fourth-order valence-corrected chi connectivity index (χ4v) is 2.56. The second-order valence-electron chi connectivity index (χ2n) is 6.23. The lowest BCUT2D eigenvalue weighted by molar-refractivity contribution is -0.122. The minimum absolute atomic E-state index is 0.0462. The van der Waals surface area contributed by atoms with Gasteiger partial charge in [0.2, 0.25) is 11.8 Å². The van der Waals surface area contributed by atoms with Crippen molar-refractivity contribution in [1.29, 1.82) is 0 Å². The van der Waals surface area contributed by atoms with E-state index in [2.05, 4.69) is 52.6 Å². The molecule has 1 amide bonds. The van der Waals surface area contributed by atoms with E-state index in [4.69, 9.17) is 4.52 Å². The molecule has 1 aliphatic rings. The normalized spacial score (nSPS) is 18.1. The molecule has 1 atom stereocenters. The van der Waals surface area contributed by atoms with Crippen LogP contribution in [0.1, 0.15) is 44.4 Å². The van der Waals surface area contributed by atoms with Gasteiger partial charge in [-0.1, -0.05) is 25.1 Å². The number of nitrogens with zero attached hydrogens (tertiary/aromatic N) is 4. The standard InChI is InChI=1S/C16H27N5O2/c1-5-6-17-14(22)11-20-7-9-21(10-8-20)13(4)16-18-15(12(2)3)19-23-16/h5,12-13H,1,6-11H2,2-4H3,(H,17,22). The summed E-state index contributed by atoms with van der Waals surface area (Å²) in [5, 5.41) is 6.84. The van der Waals surface area contributed by atoms with Gasteiger partial charge in [-0.3, -0.25) is 14.6 Å². The molecule has 2 heterocycles. The van der Waals surface area contributed by atoms with Gasteiger partial charge in [-0.15, -0.1) is 6.58 Å². The molecule has 7 nitrogen and oxygen atoms in total. The molecule has 0 aliphatic carbocycles. The summed E-state index contributed by atoms with van der Waals surface area (Å²) in [4.78, 5) is 20.7. The van der Waals surface area contributed by atoms with Gasteiger partial charge in [0, 0.05) is 38.6 Å². The van der Waals surface area contributed by atoms with Crippen molar-refractivity contribution in [2.45, 2.75) is 32.7 Å². The van der Waals surface area contributed by atoms with Crippen molar-refractivity contribution in [2.24, 2.45) is 0 Å². The average molecular weight is 321 g/mol. The molecule has 1 aromatic heterocycles. The van der Waals surface area contributed by atoms with Gasteiger partial charge in [0.25, 0.3) is 0 Å². The van der Waals surface area contributed by atoms with Crippen LogP contribution in [0.4, 0.5) is 0 Å². The molecule has 0 radical (unpaired) electrons. The zero-order valence-electron chi connectivity index (χ0n) is 14.3.